The first-order valence-electron chi connectivity index (χ1n) is 4.35. The third kappa shape index (κ3) is 1.26. The normalized spacial score (nSPS) is 24.7. The summed E-state index contributed by atoms with van der Waals surface area (Å²) in [6, 6.07) is 5.46. The van der Waals surface area contributed by atoms with Crippen molar-refractivity contribution in [2.24, 2.45) is 5.73 Å². The number of hydrogen-bond acceptors (Lipinski definition) is 2. The molecule has 1 atom stereocenters. The van der Waals surface area contributed by atoms with Gasteiger partial charge in [0.15, 0.2) is 5.60 Å². The molecule has 74 valence electrons. The molecule has 0 saturated heterocycles. The molecule has 0 spiro atoms. The number of rotatable bonds is 1. The molecule has 1 unspecified atom stereocenters. The van der Waals surface area contributed by atoms with Crippen molar-refractivity contribution in [3.8, 4) is 0 Å². The highest BCUT2D eigenvalue weighted by Crippen LogP contribution is 2.37. The smallest absolute Gasteiger partial charge is 0.254 e. The minimum absolute atomic E-state index is 0.383. The van der Waals surface area contributed by atoms with Gasteiger partial charge in [-0.15, -0.1) is 0 Å². The van der Waals surface area contributed by atoms with Crippen LogP contribution in [0.2, 0.25) is 0 Å². The molecule has 0 aromatic heterocycles. The Morgan fingerprint density at radius 3 is 2.93 bits per heavy atom. The average Bonchev–Trinajstić information content (AvgIpc) is 2.45. The third-order valence-electron chi connectivity index (χ3n) is 2.68. The zero-order valence-electron chi connectivity index (χ0n) is 7.46. The Balaban J connectivity index is 2.55. The Bertz CT molecular complexity index is 405. The number of nitrogens with two attached hydrogens (primary N) is 1. The molecule has 2 rings (SSSR count). The van der Waals surface area contributed by atoms with E-state index in [-0.39, 0.29) is 0 Å². The van der Waals surface area contributed by atoms with E-state index in [1.54, 1.807) is 12.1 Å². The summed E-state index contributed by atoms with van der Waals surface area (Å²) in [5.41, 5.74) is 5.36. The molecule has 1 amide bonds. The molecule has 0 saturated carbocycles. The van der Waals surface area contributed by atoms with Crippen LogP contribution in [0.5, 0.6) is 0 Å². The number of aryl methyl sites for hydroxylation is 1. The van der Waals surface area contributed by atoms with Crippen LogP contribution in [0.15, 0.2) is 22.7 Å². The Morgan fingerprint density at radius 1 is 1.57 bits per heavy atom. The average molecular weight is 256 g/mol. The van der Waals surface area contributed by atoms with Gasteiger partial charge in [-0.25, -0.2) is 0 Å². The number of carbonyl (C=O) groups excluding carboxylic acids is 1. The van der Waals surface area contributed by atoms with E-state index in [2.05, 4.69) is 15.9 Å². The fourth-order valence-corrected chi connectivity index (χ4v) is 2.29. The number of hydrogen-bond donors (Lipinski definition) is 2. The summed E-state index contributed by atoms with van der Waals surface area (Å²) in [5, 5.41) is 10.0. The predicted octanol–water partition coefficient (Wildman–Crippen LogP) is 1.07. The lowest BCUT2D eigenvalue weighted by Crippen LogP contribution is -2.39. The summed E-state index contributed by atoms with van der Waals surface area (Å²) >= 11 is 3.34. The molecular formula is C10H10BrNO2. The van der Waals surface area contributed by atoms with Crippen LogP contribution in [0.3, 0.4) is 0 Å². The molecule has 0 fully saturated rings. The number of carbonyl (C=O) groups is 1. The van der Waals surface area contributed by atoms with Crippen LogP contribution in [-0.2, 0) is 16.8 Å². The summed E-state index contributed by atoms with van der Waals surface area (Å²) in [4.78, 5) is 11.1. The van der Waals surface area contributed by atoms with E-state index in [1.165, 1.54) is 0 Å². The maximum atomic E-state index is 11.1. The lowest BCUT2D eigenvalue weighted by molar-refractivity contribution is -0.137. The molecular weight excluding hydrogens is 246 g/mol. The molecule has 3 N–H and O–H groups in total. The molecule has 14 heavy (non-hydrogen) atoms. The van der Waals surface area contributed by atoms with Gasteiger partial charge in [0, 0.05) is 4.47 Å². The first kappa shape index (κ1) is 9.68. The van der Waals surface area contributed by atoms with Crippen LogP contribution >= 0.6 is 15.9 Å². The van der Waals surface area contributed by atoms with Crippen LogP contribution in [0.4, 0.5) is 0 Å². The van der Waals surface area contributed by atoms with E-state index in [0.29, 0.717) is 18.4 Å². The van der Waals surface area contributed by atoms with Gasteiger partial charge in [-0.1, -0.05) is 22.0 Å². The summed E-state index contributed by atoms with van der Waals surface area (Å²) < 4.78 is 0.949. The van der Waals surface area contributed by atoms with Crippen LogP contribution < -0.4 is 5.73 Å². The summed E-state index contributed by atoms with van der Waals surface area (Å²) in [7, 11) is 0. The largest absolute Gasteiger partial charge is 0.375 e. The van der Waals surface area contributed by atoms with Crippen molar-refractivity contribution in [1.82, 2.24) is 0 Å². The highest BCUT2D eigenvalue weighted by Gasteiger charge is 2.41. The van der Waals surface area contributed by atoms with E-state index in [9.17, 15) is 9.90 Å². The van der Waals surface area contributed by atoms with Crippen LogP contribution in [0, 0.1) is 0 Å². The summed E-state index contributed by atoms with van der Waals surface area (Å²) in [6.45, 7) is 0. The second-order valence-electron chi connectivity index (χ2n) is 3.53. The summed E-state index contributed by atoms with van der Waals surface area (Å²) in [5.74, 6) is -0.668. The third-order valence-corrected chi connectivity index (χ3v) is 3.17. The van der Waals surface area contributed by atoms with Crippen molar-refractivity contribution in [1.29, 1.82) is 0 Å². The number of benzene rings is 1. The number of halogens is 1. The molecule has 1 aromatic rings. The van der Waals surface area contributed by atoms with Crippen molar-refractivity contribution in [3.63, 3.8) is 0 Å². The molecule has 0 bridgehead atoms. The van der Waals surface area contributed by atoms with E-state index in [0.717, 1.165) is 10.0 Å². The molecule has 1 aliphatic rings. The number of amides is 1. The minimum atomic E-state index is -1.46. The predicted molar refractivity (Wildman–Crippen MR) is 55.6 cm³/mol. The van der Waals surface area contributed by atoms with Gasteiger partial charge >= 0.3 is 0 Å². The summed E-state index contributed by atoms with van der Waals surface area (Å²) in [6.07, 6.45) is 1.07. The topological polar surface area (TPSA) is 63.3 Å². The molecule has 1 aromatic carbocycles. The van der Waals surface area contributed by atoms with Gasteiger partial charge in [0.2, 0.25) is 0 Å². The molecule has 0 heterocycles. The van der Waals surface area contributed by atoms with Gasteiger partial charge in [-0.2, -0.15) is 0 Å². The van der Waals surface area contributed by atoms with Crippen molar-refractivity contribution in [2.45, 2.75) is 18.4 Å². The molecule has 4 heteroatoms. The molecule has 0 aliphatic heterocycles. The fourth-order valence-electron chi connectivity index (χ4n) is 1.88. The van der Waals surface area contributed by atoms with Gasteiger partial charge < -0.3 is 10.8 Å². The maximum absolute atomic E-state index is 11.1. The quantitative estimate of drug-likeness (QED) is 0.789. The minimum Gasteiger partial charge on any atom is -0.375 e. The Hall–Kier alpha value is -0.870. The van der Waals surface area contributed by atoms with Gasteiger partial charge in [0.1, 0.15) is 0 Å². The highest BCUT2D eigenvalue weighted by atomic mass is 79.9. The second kappa shape index (κ2) is 3.07. The van der Waals surface area contributed by atoms with Crippen molar-refractivity contribution in [3.05, 3.63) is 33.8 Å². The van der Waals surface area contributed by atoms with Crippen LogP contribution in [0.1, 0.15) is 17.5 Å². The lowest BCUT2D eigenvalue weighted by Gasteiger charge is -2.19. The second-order valence-corrected chi connectivity index (χ2v) is 4.44. The lowest BCUT2D eigenvalue weighted by atomic mass is 9.95. The Labute approximate surface area is 90.0 Å². The zero-order valence-corrected chi connectivity index (χ0v) is 9.04. The Morgan fingerprint density at radius 2 is 2.29 bits per heavy atom. The van der Waals surface area contributed by atoms with E-state index >= 15 is 0 Å². The van der Waals surface area contributed by atoms with Gasteiger partial charge in [0.25, 0.3) is 5.91 Å². The fraction of sp³-hybridized carbons (Fsp3) is 0.300. The number of aliphatic hydroxyl groups is 1. The van der Waals surface area contributed by atoms with Crippen LogP contribution in [-0.4, -0.2) is 11.0 Å². The maximum Gasteiger partial charge on any atom is 0.254 e. The number of fused-ring (bicyclic) bond motifs is 1. The molecule has 3 nitrogen and oxygen atoms in total. The monoisotopic (exact) mass is 255 g/mol. The van der Waals surface area contributed by atoms with Gasteiger partial charge in [0.05, 0.1) is 0 Å². The van der Waals surface area contributed by atoms with Crippen LogP contribution in [0.25, 0.3) is 0 Å². The van der Waals surface area contributed by atoms with Crippen molar-refractivity contribution in [2.75, 3.05) is 0 Å². The van der Waals surface area contributed by atoms with E-state index in [4.69, 9.17) is 5.73 Å². The number of primary amides is 1. The van der Waals surface area contributed by atoms with E-state index < -0.39 is 11.5 Å². The SMILES string of the molecule is NC(=O)C1(O)CCc2cc(Br)ccc21. The van der Waals surface area contributed by atoms with Crippen molar-refractivity contribution < 1.29 is 9.90 Å². The van der Waals surface area contributed by atoms with Gasteiger partial charge in [-0.05, 0) is 36.1 Å². The van der Waals surface area contributed by atoms with Crippen molar-refractivity contribution >= 4 is 21.8 Å². The molecule has 0 radical (unpaired) electrons. The first-order chi connectivity index (χ1) is 6.54. The standard InChI is InChI=1S/C10H10BrNO2/c11-7-1-2-8-6(5-7)3-4-10(8,14)9(12)13/h1-2,5,14H,3-4H2,(H2,12,13). The zero-order chi connectivity index (χ0) is 10.3. The molecule has 1 aliphatic carbocycles. The van der Waals surface area contributed by atoms with E-state index in [1.807, 2.05) is 6.07 Å². The Kier molecular flexibility index (Phi) is 2.12. The first-order valence-corrected chi connectivity index (χ1v) is 5.14. The van der Waals surface area contributed by atoms with Gasteiger partial charge in [-0.3, -0.25) is 4.79 Å². The highest BCUT2D eigenvalue weighted by molar-refractivity contribution is 9.10.